The number of rotatable bonds is 4. The largest absolute Gasteiger partial charge is 0.495 e. The second-order valence-corrected chi connectivity index (χ2v) is 8.71. The second kappa shape index (κ2) is 7.71. The lowest BCUT2D eigenvalue weighted by atomic mass is 9.99. The van der Waals surface area contributed by atoms with Gasteiger partial charge < -0.3 is 9.64 Å². The summed E-state index contributed by atoms with van der Waals surface area (Å²) in [6.45, 7) is 3.24. The van der Waals surface area contributed by atoms with Gasteiger partial charge in [-0.3, -0.25) is 9.59 Å². The smallest absolute Gasteiger partial charge is 0.282 e. The lowest BCUT2D eigenvalue weighted by Crippen LogP contribution is -2.37. The fourth-order valence-corrected chi connectivity index (χ4v) is 5.10. The molecule has 0 fully saturated rings. The summed E-state index contributed by atoms with van der Waals surface area (Å²) in [5.41, 5.74) is 4.88. The number of amides is 2. The molecule has 0 spiro atoms. The second-order valence-electron chi connectivity index (χ2n) is 7.76. The van der Waals surface area contributed by atoms with Crippen molar-refractivity contribution in [2.24, 2.45) is 0 Å². The topological polar surface area (TPSA) is 49.9 Å². The van der Waals surface area contributed by atoms with E-state index in [1.54, 1.807) is 13.2 Å². The quantitative estimate of drug-likeness (QED) is 0.576. The molecule has 0 atom stereocenters. The van der Waals surface area contributed by atoms with Crippen LogP contribution in [0.4, 0.5) is 5.69 Å². The number of thiophene rings is 1. The normalized spacial score (nSPS) is 16.2. The van der Waals surface area contributed by atoms with Crippen LogP contribution >= 0.6 is 11.3 Å². The number of aryl methyl sites for hydroxylation is 1. The van der Waals surface area contributed by atoms with E-state index in [0.717, 1.165) is 16.9 Å². The highest BCUT2D eigenvalue weighted by atomic mass is 32.1. The Hall–Kier alpha value is -3.38. The third-order valence-electron chi connectivity index (χ3n) is 5.85. The van der Waals surface area contributed by atoms with Crippen molar-refractivity contribution in [1.29, 1.82) is 0 Å². The van der Waals surface area contributed by atoms with Crippen LogP contribution in [0.2, 0.25) is 0 Å². The molecule has 0 unspecified atom stereocenters. The first-order valence-corrected chi connectivity index (χ1v) is 11.1. The molecule has 0 saturated carbocycles. The molecule has 2 aromatic carbocycles. The molecule has 0 saturated heterocycles. The fourth-order valence-electron chi connectivity index (χ4n) is 4.33. The van der Waals surface area contributed by atoms with Crippen LogP contribution in [-0.2, 0) is 22.6 Å². The monoisotopic (exact) mass is 430 g/mol. The maximum atomic E-state index is 13.8. The van der Waals surface area contributed by atoms with Gasteiger partial charge in [0, 0.05) is 18.0 Å². The van der Waals surface area contributed by atoms with Gasteiger partial charge in [-0.1, -0.05) is 36.4 Å². The average molecular weight is 431 g/mol. The summed E-state index contributed by atoms with van der Waals surface area (Å²) in [5.74, 6) is -0.0926. The number of hydrogen-bond acceptors (Lipinski definition) is 5. The fraction of sp³-hybridized carbons (Fsp3) is 0.200. The Morgan fingerprint density at radius 2 is 1.77 bits per heavy atom. The number of nitrogens with zero attached hydrogens (tertiary/aromatic N) is 2. The zero-order valence-electron chi connectivity index (χ0n) is 17.4. The molecule has 3 heterocycles. The van der Waals surface area contributed by atoms with Gasteiger partial charge >= 0.3 is 0 Å². The van der Waals surface area contributed by atoms with Crippen molar-refractivity contribution in [1.82, 2.24) is 4.90 Å². The standard InChI is InChI=1S/C25H22N2O3S/c1-16-9-10-20(30-2)19(14-16)27-24(28)22(21-8-5-13-31-21)23(25(27)29)26-12-11-17-6-3-4-7-18(17)15-26/h3-10,13-14H,11-12,15H2,1-2H3. The lowest BCUT2D eigenvalue weighted by Gasteiger charge is -2.31. The van der Waals surface area contributed by atoms with E-state index < -0.39 is 0 Å². The molecule has 5 nitrogen and oxygen atoms in total. The molecular formula is C25H22N2O3S. The molecule has 0 aliphatic carbocycles. The van der Waals surface area contributed by atoms with Gasteiger partial charge in [0.15, 0.2) is 0 Å². The Kier molecular flexibility index (Phi) is 4.87. The van der Waals surface area contributed by atoms with E-state index in [4.69, 9.17) is 4.74 Å². The minimum atomic E-state index is -0.301. The van der Waals surface area contributed by atoms with Crippen molar-refractivity contribution in [2.75, 3.05) is 18.6 Å². The van der Waals surface area contributed by atoms with E-state index in [1.807, 2.05) is 48.7 Å². The van der Waals surface area contributed by atoms with Crippen LogP contribution < -0.4 is 9.64 Å². The summed E-state index contributed by atoms with van der Waals surface area (Å²) in [6.07, 6.45) is 0.840. The minimum absolute atomic E-state index is 0.295. The number of benzene rings is 2. The van der Waals surface area contributed by atoms with E-state index >= 15 is 0 Å². The number of anilines is 1. The first-order chi connectivity index (χ1) is 15.1. The Morgan fingerprint density at radius 3 is 2.52 bits per heavy atom. The zero-order chi connectivity index (χ0) is 21.5. The molecule has 6 heteroatoms. The van der Waals surface area contributed by atoms with Gasteiger partial charge in [0.25, 0.3) is 11.8 Å². The third-order valence-corrected chi connectivity index (χ3v) is 6.74. The number of carbonyl (C=O) groups excluding carboxylic acids is 2. The van der Waals surface area contributed by atoms with Gasteiger partial charge in [0.05, 0.1) is 18.4 Å². The number of imide groups is 1. The summed E-state index contributed by atoms with van der Waals surface area (Å²) >= 11 is 1.47. The highest BCUT2D eigenvalue weighted by Crippen LogP contribution is 2.41. The molecule has 0 N–H and O–H groups in total. The van der Waals surface area contributed by atoms with E-state index in [0.29, 0.717) is 35.8 Å². The summed E-state index contributed by atoms with van der Waals surface area (Å²) in [4.78, 5) is 31.6. The predicted octanol–water partition coefficient (Wildman–Crippen LogP) is 4.41. The van der Waals surface area contributed by atoms with Gasteiger partial charge in [-0.15, -0.1) is 11.3 Å². The summed E-state index contributed by atoms with van der Waals surface area (Å²) in [7, 11) is 1.55. The van der Waals surface area contributed by atoms with Gasteiger partial charge in [-0.25, -0.2) is 4.90 Å². The number of methoxy groups -OCH3 is 1. The maximum absolute atomic E-state index is 13.8. The number of ether oxygens (including phenoxy) is 1. The highest BCUT2D eigenvalue weighted by molar-refractivity contribution is 7.11. The molecule has 31 heavy (non-hydrogen) atoms. The van der Waals surface area contributed by atoms with Crippen molar-refractivity contribution in [3.63, 3.8) is 0 Å². The molecule has 3 aromatic rings. The first kappa shape index (κ1) is 19.6. The van der Waals surface area contributed by atoms with Crippen LogP contribution in [0.5, 0.6) is 5.75 Å². The molecule has 2 aliphatic heterocycles. The summed E-state index contributed by atoms with van der Waals surface area (Å²) in [6, 6.07) is 17.6. The van der Waals surface area contributed by atoms with E-state index in [9.17, 15) is 9.59 Å². The van der Waals surface area contributed by atoms with E-state index in [-0.39, 0.29) is 11.8 Å². The molecule has 156 valence electrons. The number of fused-ring (bicyclic) bond motifs is 1. The van der Waals surface area contributed by atoms with Gasteiger partial charge in [-0.2, -0.15) is 0 Å². The summed E-state index contributed by atoms with van der Waals surface area (Å²) in [5, 5.41) is 1.93. The molecule has 2 amide bonds. The number of hydrogen-bond donors (Lipinski definition) is 0. The van der Waals surface area contributed by atoms with Crippen LogP contribution in [-0.4, -0.2) is 30.4 Å². The summed E-state index contributed by atoms with van der Waals surface area (Å²) < 4.78 is 5.49. The van der Waals surface area contributed by atoms with Crippen molar-refractivity contribution in [3.8, 4) is 5.75 Å². The zero-order valence-corrected chi connectivity index (χ0v) is 18.2. The van der Waals surface area contributed by atoms with Gasteiger partial charge in [0.1, 0.15) is 11.4 Å². The Morgan fingerprint density at radius 1 is 0.968 bits per heavy atom. The Balaban J connectivity index is 1.62. The van der Waals surface area contributed by atoms with Gasteiger partial charge in [0.2, 0.25) is 0 Å². The predicted molar refractivity (Wildman–Crippen MR) is 122 cm³/mol. The molecule has 0 radical (unpaired) electrons. The van der Waals surface area contributed by atoms with Crippen LogP contribution in [0, 0.1) is 6.92 Å². The molecular weight excluding hydrogens is 408 g/mol. The van der Waals surface area contributed by atoms with Crippen LogP contribution in [0.15, 0.2) is 65.7 Å². The van der Waals surface area contributed by atoms with Crippen LogP contribution in [0.25, 0.3) is 5.57 Å². The molecule has 1 aromatic heterocycles. The Labute approximate surface area is 185 Å². The minimum Gasteiger partial charge on any atom is -0.495 e. The van der Waals surface area contributed by atoms with Gasteiger partial charge in [-0.05, 0) is 53.6 Å². The average Bonchev–Trinajstić information content (AvgIpc) is 3.39. The molecule has 5 rings (SSSR count). The first-order valence-electron chi connectivity index (χ1n) is 10.2. The maximum Gasteiger partial charge on any atom is 0.282 e. The highest BCUT2D eigenvalue weighted by Gasteiger charge is 2.44. The van der Waals surface area contributed by atoms with Crippen LogP contribution in [0.3, 0.4) is 0 Å². The van der Waals surface area contributed by atoms with Crippen molar-refractivity contribution in [2.45, 2.75) is 19.9 Å². The SMILES string of the molecule is COc1ccc(C)cc1N1C(=O)C(c2cccs2)=C(N2CCc3ccccc3C2)C1=O. The van der Waals surface area contributed by atoms with Crippen molar-refractivity contribution in [3.05, 3.63) is 87.2 Å². The third kappa shape index (κ3) is 3.24. The Bertz CT molecular complexity index is 1210. The molecule has 2 aliphatic rings. The van der Waals surface area contributed by atoms with E-state index in [2.05, 4.69) is 17.0 Å². The lowest BCUT2D eigenvalue weighted by molar-refractivity contribution is -0.120. The molecule has 0 bridgehead atoms. The van der Waals surface area contributed by atoms with Crippen molar-refractivity contribution >= 4 is 34.4 Å². The van der Waals surface area contributed by atoms with Crippen molar-refractivity contribution < 1.29 is 14.3 Å². The van der Waals surface area contributed by atoms with E-state index in [1.165, 1.54) is 27.4 Å². The number of carbonyl (C=O) groups is 2. The van der Waals surface area contributed by atoms with Crippen LogP contribution in [0.1, 0.15) is 21.6 Å².